The predicted octanol–water partition coefficient (Wildman–Crippen LogP) is 3.54. The molecule has 1 aliphatic rings. The van der Waals surface area contributed by atoms with Gasteiger partial charge in [0.15, 0.2) is 0 Å². The maximum absolute atomic E-state index is 13.1. The van der Waals surface area contributed by atoms with E-state index in [2.05, 4.69) is 36.2 Å². The average Bonchev–Trinajstić information content (AvgIpc) is 2.38. The topological polar surface area (TPSA) is 29.3 Å². The van der Waals surface area contributed by atoms with Gasteiger partial charge in [-0.3, -0.25) is 0 Å². The molecule has 0 spiro atoms. The van der Waals surface area contributed by atoms with Crippen LogP contribution < -0.4 is 10.6 Å². The van der Waals surface area contributed by atoms with E-state index in [0.29, 0.717) is 5.69 Å². The number of likely N-dealkylation sites (N-methyl/N-ethyl adjacent to an activating group) is 1. The number of fused-ring (bicyclic) bond motifs is 1. The van der Waals surface area contributed by atoms with Gasteiger partial charge < -0.3 is 10.6 Å². The summed E-state index contributed by atoms with van der Waals surface area (Å²) in [5.74, 6) is -0.307. The standard InChI is InChI=1S/C16H15FN2/c1-19-8-2-3-12-9-11(4-7-16(12)19)14-6-5-13(17)10-15(14)18/h2-7,9-10H,8,18H2,1H3. The van der Waals surface area contributed by atoms with Crippen LogP contribution in [0, 0.1) is 5.82 Å². The van der Waals surface area contributed by atoms with Crippen LogP contribution in [0.5, 0.6) is 0 Å². The molecule has 0 saturated carbocycles. The molecular formula is C16H15FN2. The van der Waals surface area contributed by atoms with Gasteiger partial charge in [0.1, 0.15) is 5.82 Å². The molecule has 0 fully saturated rings. The van der Waals surface area contributed by atoms with E-state index < -0.39 is 0 Å². The Labute approximate surface area is 112 Å². The van der Waals surface area contributed by atoms with Gasteiger partial charge in [-0.25, -0.2) is 4.39 Å². The highest BCUT2D eigenvalue weighted by atomic mass is 19.1. The zero-order chi connectivity index (χ0) is 13.4. The first-order valence-electron chi connectivity index (χ1n) is 6.22. The predicted molar refractivity (Wildman–Crippen MR) is 78.6 cm³/mol. The molecule has 96 valence electrons. The summed E-state index contributed by atoms with van der Waals surface area (Å²) < 4.78 is 13.1. The lowest BCUT2D eigenvalue weighted by atomic mass is 9.98. The Morgan fingerprint density at radius 1 is 1.16 bits per heavy atom. The van der Waals surface area contributed by atoms with Crippen molar-refractivity contribution in [3.63, 3.8) is 0 Å². The van der Waals surface area contributed by atoms with Crippen LogP contribution in [-0.2, 0) is 0 Å². The van der Waals surface area contributed by atoms with Crippen molar-refractivity contribution in [1.82, 2.24) is 0 Å². The average molecular weight is 254 g/mol. The molecule has 3 heteroatoms. The molecule has 1 aliphatic heterocycles. The number of nitrogens with two attached hydrogens (primary N) is 1. The Morgan fingerprint density at radius 3 is 2.79 bits per heavy atom. The van der Waals surface area contributed by atoms with Crippen LogP contribution in [0.2, 0.25) is 0 Å². The molecule has 2 aromatic carbocycles. The van der Waals surface area contributed by atoms with Crippen LogP contribution in [0.25, 0.3) is 17.2 Å². The van der Waals surface area contributed by atoms with Gasteiger partial charge in [-0.2, -0.15) is 0 Å². The molecule has 0 saturated heterocycles. The molecule has 1 heterocycles. The normalized spacial score (nSPS) is 13.5. The summed E-state index contributed by atoms with van der Waals surface area (Å²) in [5, 5.41) is 0. The minimum Gasteiger partial charge on any atom is -0.398 e. The highest BCUT2D eigenvalue weighted by Crippen LogP contribution is 2.32. The summed E-state index contributed by atoms with van der Waals surface area (Å²) in [6, 6.07) is 10.7. The van der Waals surface area contributed by atoms with Crippen molar-refractivity contribution >= 4 is 17.5 Å². The summed E-state index contributed by atoms with van der Waals surface area (Å²) in [5.41, 5.74) is 10.6. The van der Waals surface area contributed by atoms with Crippen molar-refractivity contribution in [3.05, 3.63) is 53.9 Å². The molecule has 0 radical (unpaired) electrons. The lowest BCUT2D eigenvalue weighted by Gasteiger charge is -2.24. The fourth-order valence-corrected chi connectivity index (χ4v) is 2.44. The van der Waals surface area contributed by atoms with Gasteiger partial charge in [0, 0.05) is 30.5 Å². The van der Waals surface area contributed by atoms with Crippen LogP contribution in [-0.4, -0.2) is 13.6 Å². The van der Waals surface area contributed by atoms with Crippen LogP contribution in [0.15, 0.2) is 42.5 Å². The number of benzene rings is 2. The van der Waals surface area contributed by atoms with Crippen molar-refractivity contribution in [3.8, 4) is 11.1 Å². The quantitative estimate of drug-likeness (QED) is 0.789. The second-order valence-electron chi connectivity index (χ2n) is 4.79. The molecule has 0 amide bonds. The smallest absolute Gasteiger partial charge is 0.125 e. The van der Waals surface area contributed by atoms with Crippen LogP contribution >= 0.6 is 0 Å². The molecule has 3 rings (SSSR count). The van der Waals surface area contributed by atoms with E-state index in [-0.39, 0.29) is 5.82 Å². The van der Waals surface area contributed by atoms with Gasteiger partial charge in [-0.05, 0) is 41.5 Å². The SMILES string of the molecule is CN1CC=Cc2cc(-c3ccc(F)cc3N)ccc21. The first-order valence-corrected chi connectivity index (χ1v) is 6.22. The molecule has 0 aliphatic carbocycles. The van der Waals surface area contributed by atoms with Gasteiger partial charge in [0.2, 0.25) is 0 Å². The van der Waals surface area contributed by atoms with Gasteiger partial charge in [0.25, 0.3) is 0 Å². The van der Waals surface area contributed by atoms with Crippen molar-refractivity contribution < 1.29 is 4.39 Å². The van der Waals surface area contributed by atoms with Gasteiger partial charge in [-0.15, -0.1) is 0 Å². The summed E-state index contributed by atoms with van der Waals surface area (Å²) in [7, 11) is 2.06. The largest absolute Gasteiger partial charge is 0.398 e. The van der Waals surface area contributed by atoms with Crippen LogP contribution in [0.1, 0.15) is 5.56 Å². The monoisotopic (exact) mass is 254 g/mol. The Kier molecular flexibility index (Phi) is 2.75. The maximum atomic E-state index is 13.1. The van der Waals surface area contributed by atoms with Crippen molar-refractivity contribution in [2.75, 3.05) is 24.2 Å². The molecule has 2 nitrogen and oxygen atoms in total. The Hall–Kier alpha value is -2.29. The molecular weight excluding hydrogens is 239 g/mol. The van der Waals surface area contributed by atoms with Gasteiger partial charge >= 0.3 is 0 Å². The molecule has 19 heavy (non-hydrogen) atoms. The molecule has 0 bridgehead atoms. The highest BCUT2D eigenvalue weighted by Gasteiger charge is 2.11. The molecule has 0 atom stereocenters. The van der Waals surface area contributed by atoms with E-state index in [1.54, 1.807) is 6.07 Å². The lowest BCUT2D eigenvalue weighted by molar-refractivity contribution is 0.628. The van der Waals surface area contributed by atoms with E-state index >= 15 is 0 Å². The number of anilines is 2. The van der Waals surface area contributed by atoms with Gasteiger partial charge in [0.05, 0.1) is 0 Å². The molecule has 2 N–H and O–H groups in total. The number of hydrogen-bond donors (Lipinski definition) is 1. The summed E-state index contributed by atoms with van der Waals surface area (Å²) in [6.45, 7) is 0.922. The number of hydrogen-bond acceptors (Lipinski definition) is 2. The third-order valence-corrected chi connectivity index (χ3v) is 3.44. The third-order valence-electron chi connectivity index (χ3n) is 3.44. The van der Waals surface area contributed by atoms with Crippen LogP contribution in [0.3, 0.4) is 0 Å². The molecule has 0 unspecified atom stereocenters. The van der Waals surface area contributed by atoms with Crippen molar-refractivity contribution in [1.29, 1.82) is 0 Å². The summed E-state index contributed by atoms with van der Waals surface area (Å²) >= 11 is 0. The second kappa shape index (κ2) is 4.43. The Balaban J connectivity index is 2.10. The minimum atomic E-state index is -0.307. The fourth-order valence-electron chi connectivity index (χ4n) is 2.44. The van der Waals surface area contributed by atoms with Crippen LogP contribution in [0.4, 0.5) is 15.8 Å². The first kappa shape index (κ1) is 11.8. The van der Waals surface area contributed by atoms with E-state index in [1.807, 2.05) is 6.07 Å². The van der Waals surface area contributed by atoms with Gasteiger partial charge in [-0.1, -0.05) is 18.2 Å². The lowest BCUT2D eigenvalue weighted by Crippen LogP contribution is -2.20. The number of nitrogen functional groups attached to an aromatic ring is 1. The maximum Gasteiger partial charge on any atom is 0.125 e. The van der Waals surface area contributed by atoms with E-state index in [9.17, 15) is 4.39 Å². The highest BCUT2D eigenvalue weighted by molar-refractivity contribution is 5.82. The number of halogens is 1. The zero-order valence-corrected chi connectivity index (χ0v) is 10.7. The minimum absolute atomic E-state index is 0.307. The van der Waals surface area contributed by atoms with E-state index in [1.165, 1.54) is 17.8 Å². The summed E-state index contributed by atoms with van der Waals surface area (Å²) in [6.07, 6.45) is 4.23. The number of nitrogens with zero attached hydrogens (tertiary/aromatic N) is 1. The Bertz CT molecular complexity index is 662. The zero-order valence-electron chi connectivity index (χ0n) is 10.7. The van der Waals surface area contributed by atoms with E-state index in [0.717, 1.165) is 23.2 Å². The summed E-state index contributed by atoms with van der Waals surface area (Å²) in [4.78, 5) is 2.19. The van der Waals surface area contributed by atoms with Crippen molar-refractivity contribution in [2.45, 2.75) is 0 Å². The molecule has 0 aromatic heterocycles. The second-order valence-corrected chi connectivity index (χ2v) is 4.79. The number of rotatable bonds is 1. The molecule has 2 aromatic rings. The van der Waals surface area contributed by atoms with Crippen molar-refractivity contribution in [2.24, 2.45) is 0 Å². The third kappa shape index (κ3) is 2.08. The Morgan fingerprint density at radius 2 is 2.00 bits per heavy atom. The fraction of sp³-hybridized carbons (Fsp3) is 0.125. The first-order chi connectivity index (χ1) is 9.15. The van der Waals surface area contributed by atoms with E-state index in [4.69, 9.17) is 5.73 Å².